The number of ether oxygens (including phenoxy) is 2. The van der Waals surface area contributed by atoms with Gasteiger partial charge in [-0.2, -0.15) is 0 Å². The van der Waals surface area contributed by atoms with Gasteiger partial charge in [0.05, 0.1) is 5.92 Å². The number of amides is 2. The second-order valence-electron chi connectivity index (χ2n) is 8.79. The van der Waals surface area contributed by atoms with Gasteiger partial charge in [0.15, 0.2) is 10.8 Å². The van der Waals surface area contributed by atoms with Crippen LogP contribution in [0.2, 0.25) is 0 Å². The number of esters is 2. The van der Waals surface area contributed by atoms with Crippen LogP contribution in [0.25, 0.3) is 6.08 Å². The molecule has 41 heavy (non-hydrogen) atoms. The van der Waals surface area contributed by atoms with Crippen LogP contribution >= 0.6 is 23.1 Å². The van der Waals surface area contributed by atoms with Crippen LogP contribution in [0.3, 0.4) is 0 Å². The third kappa shape index (κ3) is 6.54. The summed E-state index contributed by atoms with van der Waals surface area (Å²) in [6.07, 6.45) is 9.04. The van der Waals surface area contributed by atoms with Crippen LogP contribution in [0.15, 0.2) is 46.6 Å². The van der Waals surface area contributed by atoms with Gasteiger partial charge in [-0.3, -0.25) is 19.3 Å². The number of anilines is 1. The standard InChI is InChI=1S/C25H27N7O7S2/c1-3-14(4-2)23(35)38-12-39-24(36)19-15(6-5-13-7-27-11-28-8-13)9-40-22-18(21(34)32(19)22)30-20(33)17(31-37)16-10-41-25(26)29-16/h5-8,10-11,14,18,22,37H,3-4,9,12H2,1-2H3,(H2,26,29)(H,30,33)/b6-5-,31-17+/t18-,22-/m1/s1. The van der Waals surface area contributed by atoms with E-state index in [0.717, 1.165) is 11.3 Å². The second-order valence-corrected chi connectivity index (χ2v) is 10.8. The van der Waals surface area contributed by atoms with E-state index in [9.17, 15) is 24.4 Å². The van der Waals surface area contributed by atoms with Gasteiger partial charge in [-0.05, 0) is 18.4 Å². The fraction of sp³-hybridized carbons (Fsp3) is 0.360. The summed E-state index contributed by atoms with van der Waals surface area (Å²) in [6, 6.07) is -1.02. The van der Waals surface area contributed by atoms with Crippen molar-refractivity contribution in [2.45, 2.75) is 38.1 Å². The van der Waals surface area contributed by atoms with Crippen molar-refractivity contribution in [2.75, 3.05) is 18.3 Å². The zero-order chi connectivity index (χ0) is 29.5. The average Bonchev–Trinajstić information content (AvgIpc) is 3.41. The van der Waals surface area contributed by atoms with Crippen molar-refractivity contribution >= 4 is 63.8 Å². The lowest BCUT2D eigenvalue weighted by Gasteiger charge is -2.49. The molecule has 2 aliphatic rings. The van der Waals surface area contributed by atoms with E-state index < -0.39 is 47.7 Å². The highest BCUT2D eigenvalue weighted by atomic mass is 32.2. The zero-order valence-corrected chi connectivity index (χ0v) is 23.7. The Kier molecular flexibility index (Phi) is 9.67. The fourth-order valence-corrected chi connectivity index (χ4v) is 5.99. The Hall–Kier alpha value is -4.31. The van der Waals surface area contributed by atoms with Crippen molar-refractivity contribution in [2.24, 2.45) is 11.1 Å². The molecule has 2 amide bonds. The minimum absolute atomic E-state index is 0.0424. The van der Waals surface area contributed by atoms with E-state index in [1.54, 1.807) is 24.5 Å². The van der Waals surface area contributed by atoms with Gasteiger partial charge in [0.25, 0.3) is 11.8 Å². The van der Waals surface area contributed by atoms with E-state index in [1.165, 1.54) is 28.4 Å². The Morgan fingerprint density at radius 1 is 1.24 bits per heavy atom. The van der Waals surface area contributed by atoms with Crippen LogP contribution < -0.4 is 11.1 Å². The molecule has 0 spiro atoms. The quantitative estimate of drug-likeness (QED) is 0.0839. The monoisotopic (exact) mass is 601 g/mol. The number of nitrogen functional groups attached to an aromatic ring is 1. The molecule has 4 N–H and O–H groups in total. The number of rotatable bonds is 11. The molecular formula is C25H27N7O7S2. The van der Waals surface area contributed by atoms with Gasteiger partial charge in [0, 0.05) is 29.1 Å². The first-order valence-electron chi connectivity index (χ1n) is 12.5. The molecule has 0 unspecified atom stereocenters. The van der Waals surface area contributed by atoms with E-state index >= 15 is 0 Å². The molecule has 0 aliphatic carbocycles. The number of thiazole rings is 1. The third-order valence-corrected chi connectivity index (χ3v) is 8.30. The van der Waals surface area contributed by atoms with Gasteiger partial charge in [0.1, 0.15) is 29.1 Å². The molecule has 16 heteroatoms. The molecule has 4 heterocycles. The second kappa shape index (κ2) is 13.4. The highest BCUT2D eigenvalue weighted by molar-refractivity contribution is 8.00. The van der Waals surface area contributed by atoms with E-state index in [0.29, 0.717) is 24.0 Å². The summed E-state index contributed by atoms with van der Waals surface area (Å²) in [4.78, 5) is 64.6. The van der Waals surface area contributed by atoms with Crippen molar-refractivity contribution < 1.29 is 33.9 Å². The van der Waals surface area contributed by atoms with Crippen LogP contribution in [-0.2, 0) is 28.7 Å². The van der Waals surface area contributed by atoms with Crippen molar-refractivity contribution in [3.05, 3.63) is 52.7 Å². The molecule has 216 valence electrons. The molecule has 14 nitrogen and oxygen atoms in total. The minimum atomic E-state index is -1.02. The van der Waals surface area contributed by atoms with Crippen molar-refractivity contribution in [1.82, 2.24) is 25.2 Å². The van der Waals surface area contributed by atoms with E-state index in [1.807, 2.05) is 13.8 Å². The van der Waals surface area contributed by atoms with E-state index in [-0.39, 0.29) is 28.2 Å². The Bertz CT molecular complexity index is 1410. The molecule has 0 saturated carbocycles. The number of thioether (sulfide) groups is 1. The number of β-lactam (4-membered cyclic amide) rings is 1. The molecule has 2 aromatic heterocycles. The summed E-state index contributed by atoms with van der Waals surface area (Å²) in [5, 5.41) is 15.9. The van der Waals surface area contributed by atoms with Crippen LogP contribution in [0.1, 0.15) is 37.9 Å². The van der Waals surface area contributed by atoms with Gasteiger partial charge >= 0.3 is 11.9 Å². The number of hydrogen-bond donors (Lipinski definition) is 3. The Labute approximate surface area is 242 Å². The number of allylic oxidation sites excluding steroid dienone is 1. The maximum absolute atomic E-state index is 13.3. The number of carbonyl (C=O) groups excluding carboxylic acids is 4. The highest BCUT2D eigenvalue weighted by Gasteiger charge is 2.54. The van der Waals surface area contributed by atoms with E-state index in [2.05, 4.69) is 25.4 Å². The number of nitrogens with one attached hydrogen (secondary N) is 1. The fourth-order valence-electron chi connectivity index (χ4n) is 4.12. The smallest absolute Gasteiger partial charge is 0.358 e. The number of carbonyl (C=O) groups is 4. The molecule has 2 atom stereocenters. The summed E-state index contributed by atoms with van der Waals surface area (Å²) in [6.45, 7) is 3.10. The Morgan fingerprint density at radius 2 is 1.98 bits per heavy atom. The molecule has 0 radical (unpaired) electrons. The van der Waals surface area contributed by atoms with Gasteiger partial charge in [-0.25, -0.2) is 19.7 Å². The molecule has 2 aromatic rings. The predicted molar refractivity (Wildman–Crippen MR) is 149 cm³/mol. The number of aromatic nitrogens is 3. The number of hydrogen-bond acceptors (Lipinski definition) is 14. The molecule has 1 fully saturated rings. The Morgan fingerprint density at radius 3 is 2.61 bits per heavy atom. The first-order valence-corrected chi connectivity index (χ1v) is 14.4. The summed E-state index contributed by atoms with van der Waals surface area (Å²) in [5.74, 6) is -2.81. The highest BCUT2D eigenvalue weighted by Crippen LogP contribution is 2.41. The SMILES string of the molecule is CCC(CC)C(=O)OCOC(=O)C1=C(/C=C\c2cncnc2)CS[C@@H]2[C@H](NC(=O)/C(=N/O)c3csc(N)n3)C(=O)N12. The molecular weight excluding hydrogens is 574 g/mol. The minimum Gasteiger partial charge on any atom is -0.428 e. The topological polar surface area (TPSA) is 199 Å². The van der Waals surface area contributed by atoms with Crippen molar-refractivity contribution in [3.8, 4) is 0 Å². The summed E-state index contributed by atoms with van der Waals surface area (Å²) in [5.41, 5.74) is 6.34. The Balaban J connectivity index is 1.52. The van der Waals surface area contributed by atoms with Crippen LogP contribution in [0, 0.1) is 5.92 Å². The lowest BCUT2D eigenvalue weighted by Crippen LogP contribution is -2.71. The molecule has 0 aromatic carbocycles. The van der Waals surface area contributed by atoms with Gasteiger partial charge in [-0.15, -0.1) is 23.1 Å². The summed E-state index contributed by atoms with van der Waals surface area (Å²) < 4.78 is 10.4. The summed E-state index contributed by atoms with van der Waals surface area (Å²) in [7, 11) is 0. The van der Waals surface area contributed by atoms with Crippen molar-refractivity contribution in [3.63, 3.8) is 0 Å². The largest absolute Gasteiger partial charge is 0.428 e. The predicted octanol–water partition coefficient (Wildman–Crippen LogP) is 1.54. The van der Waals surface area contributed by atoms with Crippen LogP contribution in [0.4, 0.5) is 5.13 Å². The lowest BCUT2D eigenvalue weighted by molar-refractivity contribution is -0.170. The number of oxime groups is 1. The molecule has 0 bridgehead atoms. The molecule has 2 aliphatic heterocycles. The first kappa shape index (κ1) is 29.7. The van der Waals surface area contributed by atoms with Crippen molar-refractivity contribution in [1.29, 1.82) is 0 Å². The average molecular weight is 602 g/mol. The number of nitrogens with two attached hydrogens (primary N) is 1. The maximum atomic E-state index is 13.3. The number of nitrogens with zero attached hydrogens (tertiary/aromatic N) is 5. The van der Waals surface area contributed by atoms with Gasteiger partial charge < -0.3 is 25.7 Å². The van der Waals surface area contributed by atoms with Crippen LogP contribution in [0.5, 0.6) is 0 Å². The van der Waals surface area contributed by atoms with Gasteiger partial charge in [-0.1, -0.05) is 31.2 Å². The normalized spacial score (nSPS) is 18.8. The molecule has 1 saturated heterocycles. The summed E-state index contributed by atoms with van der Waals surface area (Å²) >= 11 is 2.36. The lowest BCUT2D eigenvalue weighted by atomic mass is 10.0. The maximum Gasteiger partial charge on any atom is 0.358 e. The number of fused-ring (bicyclic) bond motifs is 1. The third-order valence-electron chi connectivity index (χ3n) is 6.33. The van der Waals surface area contributed by atoms with Crippen LogP contribution in [-0.4, -0.2) is 78.5 Å². The molecule has 4 rings (SSSR count). The van der Waals surface area contributed by atoms with Gasteiger partial charge in [0.2, 0.25) is 6.79 Å². The zero-order valence-electron chi connectivity index (χ0n) is 22.1. The first-order chi connectivity index (χ1) is 19.8. The van der Waals surface area contributed by atoms with E-state index in [4.69, 9.17) is 15.2 Å².